The molecule has 20 heavy (non-hydrogen) atoms. The van der Waals surface area contributed by atoms with Crippen LogP contribution in [0.1, 0.15) is 24.1 Å². The normalized spacial score (nSPS) is 12.7. The molecule has 0 aliphatic carbocycles. The zero-order chi connectivity index (χ0) is 13.8. The fourth-order valence-electron chi connectivity index (χ4n) is 2.29. The number of benzene rings is 1. The van der Waals surface area contributed by atoms with Crippen molar-refractivity contribution in [2.45, 2.75) is 19.4 Å². The molecule has 0 fully saturated rings. The van der Waals surface area contributed by atoms with Gasteiger partial charge >= 0.3 is 0 Å². The summed E-state index contributed by atoms with van der Waals surface area (Å²) in [7, 11) is 0. The Morgan fingerprint density at radius 2 is 2.05 bits per heavy atom. The summed E-state index contributed by atoms with van der Waals surface area (Å²) in [5.74, 6) is 0. The van der Waals surface area contributed by atoms with E-state index in [1.165, 1.54) is 15.8 Å². The molecular weight excluding hydrogens is 264 g/mol. The lowest BCUT2D eigenvalue weighted by molar-refractivity contribution is 0.576. The molecule has 2 aromatic heterocycles. The molecule has 0 saturated carbocycles. The largest absolute Gasteiger partial charge is 0.310 e. The summed E-state index contributed by atoms with van der Waals surface area (Å²) in [5.41, 5.74) is 3.72. The van der Waals surface area contributed by atoms with Crippen molar-refractivity contribution in [2.24, 2.45) is 0 Å². The molecule has 1 atom stereocenters. The lowest BCUT2D eigenvalue weighted by atomic mass is 10.1. The molecule has 2 nitrogen and oxygen atoms in total. The van der Waals surface area contributed by atoms with Gasteiger partial charge in [-0.25, -0.2) is 0 Å². The topological polar surface area (TPSA) is 24.9 Å². The third-order valence-electron chi connectivity index (χ3n) is 3.53. The van der Waals surface area contributed by atoms with Crippen LogP contribution in [0.3, 0.4) is 0 Å². The van der Waals surface area contributed by atoms with Crippen molar-refractivity contribution >= 4 is 21.6 Å². The minimum absolute atomic E-state index is 0.331. The summed E-state index contributed by atoms with van der Waals surface area (Å²) in [4.78, 5) is 4.50. The standard InChI is InChI=1S/C17H18N2S/c1-13(18-9-7-14-5-3-2-4-6-14)15-11-17-16(19-12-15)8-10-20-17/h2-6,8,10-13,18H,7,9H2,1H3. The van der Waals surface area contributed by atoms with Gasteiger partial charge in [0.05, 0.1) is 10.2 Å². The molecule has 0 bridgehead atoms. The first-order chi connectivity index (χ1) is 9.83. The van der Waals surface area contributed by atoms with Crippen LogP contribution in [0.2, 0.25) is 0 Å². The molecule has 0 radical (unpaired) electrons. The number of fused-ring (bicyclic) bond motifs is 1. The molecule has 2 heterocycles. The number of aromatic nitrogens is 1. The highest BCUT2D eigenvalue weighted by Gasteiger charge is 2.06. The van der Waals surface area contributed by atoms with Crippen LogP contribution in [0.5, 0.6) is 0 Å². The Bertz CT molecular complexity index is 676. The molecule has 3 heteroatoms. The van der Waals surface area contributed by atoms with E-state index < -0.39 is 0 Å². The maximum Gasteiger partial charge on any atom is 0.0809 e. The molecule has 0 spiro atoms. The Kier molecular flexibility index (Phi) is 4.09. The smallest absolute Gasteiger partial charge is 0.0809 e. The van der Waals surface area contributed by atoms with E-state index in [4.69, 9.17) is 0 Å². The third-order valence-corrected chi connectivity index (χ3v) is 4.38. The van der Waals surface area contributed by atoms with Crippen LogP contribution in [0.4, 0.5) is 0 Å². The van der Waals surface area contributed by atoms with Crippen LogP contribution in [-0.4, -0.2) is 11.5 Å². The Labute approximate surface area is 123 Å². The van der Waals surface area contributed by atoms with E-state index in [1.807, 2.05) is 6.20 Å². The molecule has 1 N–H and O–H groups in total. The highest BCUT2D eigenvalue weighted by Crippen LogP contribution is 2.22. The highest BCUT2D eigenvalue weighted by molar-refractivity contribution is 7.17. The number of thiophene rings is 1. The third kappa shape index (κ3) is 3.06. The quantitative estimate of drug-likeness (QED) is 0.759. The zero-order valence-electron chi connectivity index (χ0n) is 11.5. The second kappa shape index (κ2) is 6.16. The van der Waals surface area contributed by atoms with Gasteiger partial charge in [-0.2, -0.15) is 0 Å². The van der Waals surface area contributed by atoms with E-state index in [2.05, 4.69) is 65.1 Å². The minimum atomic E-state index is 0.331. The van der Waals surface area contributed by atoms with E-state index in [0.29, 0.717) is 6.04 Å². The molecule has 0 aliphatic heterocycles. The molecule has 3 aromatic rings. The molecule has 1 aromatic carbocycles. The van der Waals surface area contributed by atoms with Crippen LogP contribution >= 0.6 is 11.3 Å². The van der Waals surface area contributed by atoms with Gasteiger partial charge in [0.2, 0.25) is 0 Å². The SMILES string of the molecule is CC(NCCc1ccccc1)c1cnc2ccsc2c1. The predicted octanol–water partition coefficient (Wildman–Crippen LogP) is 4.19. The Morgan fingerprint density at radius 3 is 2.90 bits per heavy atom. The average Bonchev–Trinajstić information content (AvgIpc) is 2.95. The van der Waals surface area contributed by atoms with Crippen molar-refractivity contribution in [3.63, 3.8) is 0 Å². The van der Waals surface area contributed by atoms with E-state index in [9.17, 15) is 0 Å². The Balaban J connectivity index is 1.59. The molecule has 0 amide bonds. The average molecular weight is 282 g/mol. The van der Waals surface area contributed by atoms with E-state index >= 15 is 0 Å². The molecule has 0 aliphatic rings. The van der Waals surface area contributed by atoms with Gasteiger partial charge < -0.3 is 5.32 Å². The minimum Gasteiger partial charge on any atom is -0.310 e. The van der Waals surface area contributed by atoms with Gasteiger partial charge in [-0.1, -0.05) is 30.3 Å². The van der Waals surface area contributed by atoms with Gasteiger partial charge in [0.15, 0.2) is 0 Å². The lowest BCUT2D eigenvalue weighted by Crippen LogP contribution is -2.21. The van der Waals surface area contributed by atoms with Gasteiger partial charge in [0.1, 0.15) is 0 Å². The number of hydrogen-bond acceptors (Lipinski definition) is 3. The van der Waals surface area contributed by atoms with Crippen LogP contribution in [0.25, 0.3) is 10.2 Å². The summed E-state index contributed by atoms with van der Waals surface area (Å²) in [6, 6.07) is 15.2. The summed E-state index contributed by atoms with van der Waals surface area (Å²) in [6.07, 6.45) is 3.04. The monoisotopic (exact) mass is 282 g/mol. The van der Waals surface area contributed by atoms with E-state index in [1.54, 1.807) is 11.3 Å². The molecule has 3 rings (SSSR count). The number of rotatable bonds is 5. The number of hydrogen-bond donors (Lipinski definition) is 1. The lowest BCUT2D eigenvalue weighted by Gasteiger charge is -2.14. The Hall–Kier alpha value is -1.71. The van der Waals surface area contributed by atoms with Crippen LogP contribution in [-0.2, 0) is 6.42 Å². The van der Waals surface area contributed by atoms with Crippen LogP contribution in [0, 0.1) is 0 Å². The Morgan fingerprint density at radius 1 is 1.20 bits per heavy atom. The van der Waals surface area contributed by atoms with E-state index in [0.717, 1.165) is 18.5 Å². The van der Waals surface area contributed by atoms with Crippen LogP contribution < -0.4 is 5.32 Å². The summed E-state index contributed by atoms with van der Waals surface area (Å²) < 4.78 is 1.26. The van der Waals surface area contributed by atoms with Crippen molar-refractivity contribution in [1.29, 1.82) is 0 Å². The molecular formula is C17H18N2S. The first kappa shape index (κ1) is 13.3. The number of pyridine rings is 1. The first-order valence-electron chi connectivity index (χ1n) is 6.93. The van der Waals surface area contributed by atoms with Crippen molar-refractivity contribution < 1.29 is 0 Å². The second-order valence-electron chi connectivity index (χ2n) is 4.98. The van der Waals surface area contributed by atoms with Crippen molar-refractivity contribution in [1.82, 2.24) is 10.3 Å². The second-order valence-corrected chi connectivity index (χ2v) is 5.93. The molecule has 0 saturated heterocycles. The summed E-state index contributed by atoms with van der Waals surface area (Å²) in [6.45, 7) is 3.18. The van der Waals surface area contributed by atoms with Crippen LogP contribution in [0.15, 0.2) is 54.0 Å². The van der Waals surface area contributed by atoms with Gasteiger partial charge in [-0.3, -0.25) is 4.98 Å². The first-order valence-corrected chi connectivity index (χ1v) is 7.81. The maximum atomic E-state index is 4.50. The van der Waals surface area contributed by atoms with Gasteiger partial charge in [-0.05, 0) is 48.5 Å². The summed E-state index contributed by atoms with van der Waals surface area (Å²) in [5, 5.41) is 5.66. The number of nitrogens with zero attached hydrogens (tertiary/aromatic N) is 1. The maximum absolute atomic E-state index is 4.50. The fourth-order valence-corrected chi connectivity index (χ4v) is 3.08. The summed E-state index contributed by atoms with van der Waals surface area (Å²) >= 11 is 1.75. The fraction of sp³-hybridized carbons (Fsp3) is 0.235. The predicted molar refractivity (Wildman–Crippen MR) is 86.2 cm³/mol. The van der Waals surface area contributed by atoms with Gasteiger partial charge in [0.25, 0.3) is 0 Å². The zero-order valence-corrected chi connectivity index (χ0v) is 12.4. The van der Waals surface area contributed by atoms with Crippen molar-refractivity contribution in [3.8, 4) is 0 Å². The highest BCUT2D eigenvalue weighted by atomic mass is 32.1. The van der Waals surface area contributed by atoms with Gasteiger partial charge in [-0.15, -0.1) is 11.3 Å². The number of nitrogens with one attached hydrogen (secondary N) is 1. The van der Waals surface area contributed by atoms with Crippen molar-refractivity contribution in [2.75, 3.05) is 6.54 Å². The van der Waals surface area contributed by atoms with Crippen molar-refractivity contribution in [3.05, 3.63) is 65.2 Å². The van der Waals surface area contributed by atoms with E-state index in [-0.39, 0.29) is 0 Å². The van der Waals surface area contributed by atoms with Gasteiger partial charge in [0, 0.05) is 12.2 Å². The molecule has 1 unspecified atom stereocenters. The molecule has 102 valence electrons.